The fraction of sp³-hybridized carbons (Fsp3) is 0. The van der Waals surface area contributed by atoms with E-state index in [0.717, 1.165) is 12.1 Å². The molecule has 0 saturated carbocycles. The fourth-order valence-electron chi connectivity index (χ4n) is 1.26. The van der Waals surface area contributed by atoms with Gasteiger partial charge in [0.2, 0.25) is 5.95 Å². The summed E-state index contributed by atoms with van der Waals surface area (Å²) in [5.74, 6) is -1.34. The van der Waals surface area contributed by atoms with Crippen LogP contribution in [0.25, 0.3) is 0 Å². The van der Waals surface area contributed by atoms with Crippen LogP contribution in [0.5, 0.6) is 0 Å². The SMILES string of the molecule is Nc1cc(Br)nc(Nc2c(F)cc(Br)cc2F)n1. The molecule has 3 N–H and O–H groups in total. The Morgan fingerprint density at radius 2 is 1.67 bits per heavy atom. The minimum atomic E-state index is -0.760. The Labute approximate surface area is 118 Å². The molecule has 1 aromatic heterocycles. The molecule has 0 radical (unpaired) electrons. The largest absolute Gasteiger partial charge is 0.383 e. The number of benzene rings is 1. The highest BCUT2D eigenvalue weighted by Crippen LogP contribution is 2.26. The first kappa shape index (κ1) is 13.2. The third kappa shape index (κ3) is 2.94. The molecule has 1 aromatic carbocycles. The zero-order valence-electron chi connectivity index (χ0n) is 8.72. The van der Waals surface area contributed by atoms with Gasteiger partial charge in [-0.2, -0.15) is 4.98 Å². The van der Waals surface area contributed by atoms with Gasteiger partial charge in [0.15, 0.2) is 11.6 Å². The van der Waals surface area contributed by atoms with Crippen molar-refractivity contribution in [2.75, 3.05) is 11.1 Å². The molecule has 0 aliphatic rings. The molecule has 1 heterocycles. The zero-order chi connectivity index (χ0) is 13.3. The van der Waals surface area contributed by atoms with Gasteiger partial charge in [-0.1, -0.05) is 15.9 Å². The second-order valence-corrected chi connectivity index (χ2v) is 5.04. The van der Waals surface area contributed by atoms with Gasteiger partial charge >= 0.3 is 0 Å². The highest BCUT2D eigenvalue weighted by molar-refractivity contribution is 9.10. The van der Waals surface area contributed by atoms with Crippen LogP contribution in [0.3, 0.4) is 0 Å². The Balaban J connectivity index is 2.40. The van der Waals surface area contributed by atoms with Gasteiger partial charge < -0.3 is 11.1 Å². The standard InChI is InChI=1S/C10H6Br2F2N4/c11-4-1-5(13)9(6(14)2-4)18-10-16-7(12)3-8(15)17-10/h1-3H,(H3,15,16,17,18). The smallest absolute Gasteiger partial charge is 0.230 e. The number of aromatic nitrogens is 2. The molecule has 18 heavy (non-hydrogen) atoms. The molecule has 0 atom stereocenters. The fourth-order valence-corrected chi connectivity index (χ4v) is 2.07. The van der Waals surface area contributed by atoms with Crippen LogP contribution in [0.2, 0.25) is 0 Å². The van der Waals surface area contributed by atoms with Crippen LogP contribution in [0, 0.1) is 11.6 Å². The van der Waals surface area contributed by atoms with Gasteiger partial charge in [-0.3, -0.25) is 0 Å². The van der Waals surface area contributed by atoms with E-state index in [2.05, 4.69) is 47.1 Å². The number of halogens is 4. The highest BCUT2D eigenvalue weighted by Gasteiger charge is 2.12. The van der Waals surface area contributed by atoms with E-state index in [1.807, 2.05) is 0 Å². The number of nitrogens with zero attached hydrogens (tertiary/aromatic N) is 2. The third-order valence-corrected chi connectivity index (χ3v) is 2.82. The van der Waals surface area contributed by atoms with Gasteiger partial charge in [0.1, 0.15) is 16.1 Å². The van der Waals surface area contributed by atoms with Gasteiger partial charge in [-0.15, -0.1) is 0 Å². The summed E-state index contributed by atoms with van der Waals surface area (Å²) in [4.78, 5) is 7.72. The molecule has 0 unspecified atom stereocenters. The van der Waals surface area contributed by atoms with Gasteiger partial charge in [0.05, 0.1) is 0 Å². The Hall–Kier alpha value is -1.28. The average molecular weight is 380 g/mol. The van der Waals surface area contributed by atoms with Crippen LogP contribution in [0.15, 0.2) is 27.3 Å². The quantitative estimate of drug-likeness (QED) is 0.782. The Bertz CT molecular complexity index is 563. The molecular weight excluding hydrogens is 374 g/mol. The first-order valence-corrected chi connectivity index (χ1v) is 6.26. The lowest BCUT2D eigenvalue weighted by Gasteiger charge is -2.08. The Kier molecular flexibility index (Phi) is 3.76. The first-order valence-electron chi connectivity index (χ1n) is 4.67. The number of nitrogens with one attached hydrogen (secondary N) is 1. The van der Waals surface area contributed by atoms with Crippen molar-refractivity contribution in [2.45, 2.75) is 0 Å². The summed E-state index contributed by atoms with van der Waals surface area (Å²) in [5.41, 5.74) is 5.16. The lowest BCUT2D eigenvalue weighted by atomic mass is 10.3. The van der Waals surface area contributed by atoms with Crippen molar-refractivity contribution in [2.24, 2.45) is 0 Å². The minimum absolute atomic E-state index is 0.00185. The molecule has 2 rings (SSSR count). The molecule has 0 spiro atoms. The lowest BCUT2D eigenvalue weighted by molar-refractivity contribution is 0.589. The Morgan fingerprint density at radius 1 is 1.06 bits per heavy atom. The summed E-state index contributed by atoms with van der Waals surface area (Å²) in [5, 5.41) is 2.45. The minimum Gasteiger partial charge on any atom is -0.383 e. The van der Waals surface area contributed by atoms with E-state index in [1.54, 1.807) is 0 Å². The highest BCUT2D eigenvalue weighted by atomic mass is 79.9. The molecule has 0 bridgehead atoms. The number of anilines is 3. The van der Waals surface area contributed by atoms with Crippen LogP contribution in [0.1, 0.15) is 0 Å². The topological polar surface area (TPSA) is 63.8 Å². The number of nitrogens with two attached hydrogens (primary N) is 1. The number of rotatable bonds is 2. The summed E-state index contributed by atoms with van der Waals surface area (Å²) in [7, 11) is 0. The van der Waals surface area contributed by atoms with Crippen LogP contribution in [0.4, 0.5) is 26.2 Å². The summed E-state index contributed by atoms with van der Waals surface area (Å²) < 4.78 is 27.8. The van der Waals surface area contributed by atoms with E-state index >= 15 is 0 Å². The van der Waals surface area contributed by atoms with Crippen LogP contribution >= 0.6 is 31.9 Å². The molecule has 0 aliphatic heterocycles. The maximum absolute atomic E-state index is 13.6. The molecular formula is C10H6Br2F2N4. The molecule has 0 aliphatic carbocycles. The second kappa shape index (κ2) is 5.15. The third-order valence-electron chi connectivity index (χ3n) is 1.96. The summed E-state index contributed by atoms with van der Waals surface area (Å²) in [6, 6.07) is 3.74. The van der Waals surface area contributed by atoms with E-state index in [4.69, 9.17) is 5.73 Å². The van der Waals surface area contributed by atoms with Crippen molar-refractivity contribution in [3.05, 3.63) is 38.9 Å². The van der Waals surface area contributed by atoms with Crippen molar-refractivity contribution in [1.29, 1.82) is 0 Å². The van der Waals surface area contributed by atoms with Crippen LogP contribution in [-0.2, 0) is 0 Å². The van der Waals surface area contributed by atoms with Crippen molar-refractivity contribution in [3.63, 3.8) is 0 Å². The first-order chi connectivity index (χ1) is 8.45. The van der Waals surface area contributed by atoms with E-state index in [-0.39, 0.29) is 17.5 Å². The van der Waals surface area contributed by atoms with Gasteiger partial charge in [0.25, 0.3) is 0 Å². The Morgan fingerprint density at radius 3 is 2.22 bits per heavy atom. The summed E-state index contributed by atoms with van der Waals surface area (Å²) >= 11 is 6.10. The number of hydrogen-bond donors (Lipinski definition) is 2. The molecule has 2 aromatic rings. The van der Waals surface area contributed by atoms with Crippen molar-refractivity contribution >= 4 is 49.3 Å². The maximum atomic E-state index is 13.6. The normalized spacial score (nSPS) is 10.4. The van der Waals surface area contributed by atoms with Crippen LogP contribution < -0.4 is 11.1 Å². The van der Waals surface area contributed by atoms with Crippen molar-refractivity contribution in [3.8, 4) is 0 Å². The zero-order valence-corrected chi connectivity index (χ0v) is 11.9. The molecule has 0 amide bonds. The second-order valence-electron chi connectivity index (χ2n) is 3.31. The average Bonchev–Trinajstić information content (AvgIpc) is 2.22. The summed E-state index contributed by atoms with van der Waals surface area (Å²) in [6.07, 6.45) is 0. The molecule has 94 valence electrons. The number of nitrogen functional groups attached to an aromatic ring is 1. The van der Waals surface area contributed by atoms with E-state index in [0.29, 0.717) is 9.08 Å². The monoisotopic (exact) mass is 378 g/mol. The van der Waals surface area contributed by atoms with Gasteiger partial charge in [-0.05, 0) is 28.1 Å². The maximum Gasteiger partial charge on any atom is 0.230 e. The molecule has 0 saturated heterocycles. The van der Waals surface area contributed by atoms with Gasteiger partial charge in [0, 0.05) is 10.5 Å². The van der Waals surface area contributed by atoms with Crippen molar-refractivity contribution in [1.82, 2.24) is 9.97 Å². The van der Waals surface area contributed by atoms with E-state index in [9.17, 15) is 8.78 Å². The summed E-state index contributed by atoms with van der Waals surface area (Å²) in [6.45, 7) is 0. The van der Waals surface area contributed by atoms with Gasteiger partial charge in [-0.25, -0.2) is 13.8 Å². The predicted molar refractivity (Wildman–Crippen MR) is 71.5 cm³/mol. The molecule has 4 nitrogen and oxygen atoms in total. The predicted octanol–water partition coefficient (Wildman–Crippen LogP) is 3.61. The van der Waals surface area contributed by atoms with E-state index in [1.165, 1.54) is 6.07 Å². The van der Waals surface area contributed by atoms with E-state index < -0.39 is 11.6 Å². The number of hydrogen-bond acceptors (Lipinski definition) is 4. The van der Waals surface area contributed by atoms with Crippen molar-refractivity contribution < 1.29 is 8.78 Å². The van der Waals surface area contributed by atoms with Crippen LogP contribution in [-0.4, -0.2) is 9.97 Å². The molecule has 8 heteroatoms. The lowest BCUT2D eigenvalue weighted by Crippen LogP contribution is -2.04. The molecule has 0 fully saturated rings.